The van der Waals surface area contributed by atoms with Gasteiger partial charge in [0.25, 0.3) is 0 Å². The van der Waals surface area contributed by atoms with E-state index in [9.17, 15) is 25.2 Å². The highest BCUT2D eigenvalue weighted by molar-refractivity contribution is 5.73. The van der Waals surface area contributed by atoms with Crippen LogP contribution in [0.5, 0.6) is 0 Å². The number of rotatable bonds is 8. The van der Waals surface area contributed by atoms with Crippen LogP contribution in [0.25, 0.3) is 0 Å². The molecule has 0 spiro atoms. The number of nitrogens with zero attached hydrogens (tertiary/aromatic N) is 1. The van der Waals surface area contributed by atoms with Gasteiger partial charge in [0, 0.05) is 43.9 Å². The summed E-state index contributed by atoms with van der Waals surface area (Å²) in [6, 6.07) is -0.0815. The minimum Gasteiger partial charge on any atom is -0.489 e. The molecule has 0 radical (unpaired) electrons. The van der Waals surface area contributed by atoms with Crippen LogP contribution in [0.2, 0.25) is 0 Å². The number of aliphatic hydroxyl groups is 4. The van der Waals surface area contributed by atoms with Crippen molar-refractivity contribution in [2.45, 2.75) is 199 Å². The van der Waals surface area contributed by atoms with Crippen LogP contribution in [0.3, 0.4) is 0 Å². The van der Waals surface area contributed by atoms with Gasteiger partial charge in [-0.15, -0.1) is 0 Å². The van der Waals surface area contributed by atoms with E-state index in [1.54, 1.807) is 34.6 Å². The first-order valence-corrected chi connectivity index (χ1v) is 19.3. The lowest BCUT2D eigenvalue weighted by atomic mass is 9.78. The highest BCUT2D eigenvalue weighted by Gasteiger charge is 2.56. The monoisotopic (exact) mass is 743 g/mol. The number of carbonyl (C=O) groups excluding carboxylic acids is 1. The van der Waals surface area contributed by atoms with Gasteiger partial charge in [-0.1, -0.05) is 20.8 Å². The summed E-state index contributed by atoms with van der Waals surface area (Å²) < 4.78 is 44.9. The predicted molar refractivity (Wildman–Crippen MR) is 193 cm³/mol. The van der Waals surface area contributed by atoms with Crippen LogP contribution < -0.4 is 0 Å². The number of fused-ring (bicyclic) bond motifs is 2. The Morgan fingerprint density at radius 3 is 2.19 bits per heavy atom. The van der Waals surface area contributed by atoms with Crippen molar-refractivity contribution in [2.75, 3.05) is 14.2 Å². The Morgan fingerprint density at radius 1 is 0.981 bits per heavy atom. The molecule has 17 atom stereocenters. The molecule has 4 aliphatic heterocycles. The van der Waals surface area contributed by atoms with Crippen LogP contribution >= 0.6 is 0 Å². The summed E-state index contributed by atoms with van der Waals surface area (Å²) in [4.78, 5) is 16.3. The van der Waals surface area contributed by atoms with E-state index >= 15 is 0 Å². The van der Waals surface area contributed by atoms with Crippen molar-refractivity contribution in [3.05, 3.63) is 11.3 Å². The van der Waals surface area contributed by atoms with E-state index in [-0.39, 0.29) is 31.0 Å². The molecule has 4 rings (SSSR count). The molecule has 302 valence electrons. The Morgan fingerprint density at radius 2 is 1.62 bits per heavy atom. The first kappa shape index (κ1) is 43.3. The summed E-state index contributed by atoms with van der Waals surface area (Å²) >= 11 is 0. The van der Waals surface area contributed by atoms with Crippen molar-refractivity contribution in [3.63, 3.8) is 0 Å². The number of methoxy groups -OCH3 is 1. The van der Waals surface area contributed by atoms with Gasteiger partial charge in [-0.2, -0.15) is 0 Å². The van der Waals surface area contributed by atoms with Gasteiger partial charge in [0.2, 0.25) is 0 Å². The fourth-order valence-corrected chi connectivity index (χ4v) is 9.00. The number of cyclic esters (lactones) is 1. The lowest BCUT2D eigenvalue weighted by Crippen LogP contribution is -2.61. The number of esters is 1. The molecular formula is C39H69NO12. The third kappa shape index (κ3) is 8.39. The number of hydrogen-bond donors (Lipinski definition) is 4. The van der Waals surface area contributed by atoms with Crippen LogP contribution in [-0.4, -0.2) is 136 Å². The number of carbonyl (C=O) groups is 1. The van der Waals surface area contributed by atoms with Crippen molar-refractivity contribution < 1.29 is 58.4 Å². The van der Waals surface area contributed by atoms with Gasteiger partial charge in [-0.25, -0.2) is 0 Å². The summed E-state index contributed by atoms with van der Waals surface area (Å²) in [6.07, 6.45) is -7.45. The quantitative estimate of drug-likeness (QED) is 0.267. The maximum Gasteiger partial charge on any atom is 0.311 e. The molecule has 0 aromatic rings. The molecule has 0 aromatic heterocycles. The van der Waals surface area contributed by atoms with Crippen molar-refractivity contribution in [3.8, 4) is 0 Å². The highest BCUT2D eigenvalue weighted by atomic mass is 16.7. The third-order valence-corrected chi connectivity index (χ3v) is 12.6. The second-order valence-electron chi connectivity index (χ2n) is 17.1. The average Bonchev–Trinajstić information content (AvgIpc) is 3.40. The van der Waals surface area contributed by atoms with E-state index in [1.807, 2.05) is 34.7 Å². The molecule has 17 unspecified atom stereocenters. The van der Waals surface area contributed by atoms with E-state index in [2.05, 4.69) is 18.7 Å². The maximum absolute atomic E-state index is 14.2. The molecule has 13 nitrogen and oxygen atoms in total. The van der Waals surface area contributed by atoms with Gasteiger partial charge in [0.1, 0.15) is 41.4 Å². The molecule has 3 fully saturated rings. The molecule has 4 aliphatic rings. The number of hydrogen-bond acceptors (Lipinski definition) is 13. The maximum atomic E-state index is 14.2. The van der Waals surface area contributed by atoms with Crippen LogP contribution in [0.15, 0.2) is 11.3 Å². The predicted octanol–water partition coefficient (Wildman–Crippen LogP) is 3.67. The van der Waals surface area contributed by atoms with E-state index in [1.165, 1.54) is 14.0 Å². The molecule has 52 heavy (non-hydrogen) atoms. The van der Waals surface area contributed by atoms with Crippen molar-refractivity contribution in [1.82, 2.24) is 4.90 Å². The average molecular weight is 744 g/mol. The molecule has 0 aromatic carbocycles. The fourth-order valence-electron chi connectivity index (χ4n) is 9.00. The van der Waals surface area contributed by atoms with Crippen LogP contribution in [-0.2, 0) is 38.0 Å². The molecule has 0 saturated carbocycles. The number of ether oxygens (including phenoxy) is 7. The van der Waals surface area contributed by atoms with Crippen LogP contribution in [0.4, 0.5) is 0 Å². The van der Waals surface area contributed by atoms with Gasteiger partial charge in [0.15, 0.2) is 12.6 Å². The second kappa shape index (κ2) is 16.4. The minimum atomic E-state index is -1.82. The van der Waals surface area contributed by atoms with Crippen LogP contribution in [0.1, 0.15) is 109 Å². The standard InChI is InChI=1S/C39H69NO12/c1-15-27-39(12,45)32(42)22(6)30-20(4)17-38(11,52-30)34(51-36-29(41)26(16-21(5)47-36)40(13)19(2)3)23(7)31(24(8)35(44)49-27)50-28-18-37(10,46-14)33(43)25(9)48-28/h19,21-29,31-34,36,41-43,45H,15-18H2,1-14H3. The summed E-state index contributed by atoms with van der Waals surface area (Å²) in [5.74, 6) is -2.33. The van der Waals surface area contributed by atoms with Crippen molar-refractivity contribution in [1.29, 1.82) is 0 Å². The van der Waals surface area contributed by atoms with Gasteiger partial charge < -0.3 is 53.6 Å². The first-order chi connectivity index (χ1) is 24.0. The summed E-state index contributed by atoms with van der Waals surface area (Å²) in [6.45, 7) is 22.2. The van der Waals surface area contributed by atoms with Crippen molar-refractivity contribution in [2.24, 2.45) is 17.8 Å². The normalized spacial score (nSPS) is 48.2. The Bertz CT molecular complexity index is 1260. The second-order valence-corrected chi connectivity index (χ2v) is 17.1. The van der Waals surface area contributed by atoms with Gasteiger partial charge >= 0.3 is 5.97 Å². The number of likely N-dealkylation sites (N-methyl/N-ethyl adjacent to an activating group) is 1. The molecule has 13 heteroatoms. The van der Waals surface area contributed by atoms with Gasteiger partial charge in [0.05, 0.1) is 35.9 Å². The molecule has 3 saturated heterocycles. The van der Waals surface area contributed by atoms with E-state index < -0.39 is 95.8 Å². The Balaban J connectivity index is 1.84. The SMILES string of the molecule is CCC1OC(=O)C(C)C(OC2CC(C)(OC)C(O)C(C)O2)C(C)C(OC2OC(C)CC(N(C)C(C)C)C2O)C2(C)CC(C)=C(O2)C(C)C(O)C1(C)O. The largest absolute Gasteiger partial charge is 0.489 e. The zero-order valence-corrected chi connectivity index (χ0v) is 34.0. The zero-order chi connectivity index (χ0) is 39.2. The summed E-state index contributed by atoms with van der Waals surface area (Å²) in [5.41, 5.74) is -3.01. The first-order valence-electron chi connectivity index (χ1n) is 19.3. The highest BCUT2D eigenvalue weighted by Crippen LogP contribution is 2.47. The lowest BCUT2D eigenvalue weighted by Gasteiger charge is -2.49. The molecule has 4 N–H and O–H groups in total. The molecule has 2 bridgehead atoms. The Hall–Kier alpha value is -1.39. The molecule has 0 amide bonds. The number of aliphatic hydroxyl groups excluding tert-OH is 3. The third-order valence-electron chi connectivity index (χ3n) is 12.6. The van der Waals surface area contributed by atoms with E-state index in [4.69, 9.17) is 33.2 Å². The lowest BCUT2D eigenvalue weighted by molar-refractivity contribution is -0.317. The topological polar surface area (TPSA) is 166 Å². The molecular weight excluding hydrogens is 674 g/mol. The Labute approximate surface area is 311 Å². The minimum absolute atomic E-state index is 0.163. The van der Waals surface area contributed by atoms with Crippen LogP contribution in [0, 0.1) is 17.8 Å². The van der Waals surface area contributed by atoms with Gasteiger partial charge in [-0.05, 0) is 87.8 Å². The smallest absolute Gasteiger partial charge is 0.311 e. The summed E-state index contributed by atoms with van der Waals surface area (Å²) in [5, 5.41) is 46.2. The van der Waals surface area contributed by atoms with Gasteiger partial charge in [-0.3, -0.25) is 9.69 Å². The Kier molecular flexibility index (Phi) is 13.6. The molecule has 0 aliphatic carbocycles. The fraction of sp³-hybridized carbons (Fsp3) is 0.923. The summed E-state index contributed by atoms with van der Waals surface area (Å²) in [7, 11) is 3.51. The van der Waals surface area contributed by atoms with E-state index in [0.717, 1.165) is 5.57 Å². The van der Waals surface area contributed by atoms with E-state index in [0.29, 0.717) is 18.6 Å². The zero-order valence-electron chi connectivity index (χ0n) is 34.0. The van der Waals surface area contributed by atoms with Crippen molar-refractivity contribution >= 4 is 5.97 Å². The molecule has 4 heterocycles.